The summed E-state index contributed by atoms with van der Waals surface area (Å²) < 4.78 is 5.46. The molecule has 1 aromatic rings. The fourth-order valence-corrected chi connectivity index (χ4v) is 1.96. The van der Waals surface area contributed by atoms with Gasteiger partial charge in [-0.15, -0.1) is 0 Å². The SMILES string of the molecule is COc1c(C)cc(C)cc1C1(C)CN1. The van der Waals surface area contributed by atoms with Crippen LogP contribution in [0.25, 0.3) is 0 Å². The van der Waals surface area contributed by atoms with Crippen LogP contribution in [0, 0.1) is 13.8 Å². The lowest BCUT2D eigenvalue weighted by Gasteiger charge is -2.16. The van der Waals surface area contributed by atoms with Crippen molar-refractivity contribution in [2.75, 3.05) is 13.7 Å². The van der Waals surface area contributed by atoms with Crippen molar-refractivity contribution >= 4 is 0 Å². The Morgan fingerprint density at radius 2 is 2.00 bits per heavy atom. The zero-order valence-electron chi connectivity index (χ0n) is 9.27. The summed E-state index contributed by atoms with van der Waals surface area (Å²) in [6, 6.07) is 4.37. The molecule has 1 unspecified atom stereocenters. The highest BCUT2D eigenvalue weighted by atomic mass is 16.5. The second kappa shape index (κ2) is 2.99. The number of benzene rings is 1. The van der Waals surface area contributed by atoms with E-state index in [1.54, 1.807) is 7.11 Å². The van der Waals surface area contributed by atoms with Crippen molar-refractivity contribution in [3.05, 3.63) is 28.8 Å². The van der Waals surface area contributed by atoms with Gasteiger partial charge in [-0.05, 0) is 26.3 Å². The number of rotatable bonds is 2. The van der Waals surface area contributed by atoms with Crippen molar-refractivity contribution in [3.8, 4) is 5.75 Å². The van der Waals surface area contributed by atoms with Crippen LogP contribution in [-0.2, 0) is 5.54 Å². The minimum atomic E-state index is 0.141. The van der Waals surface area contributed by atoms with Gasteiger partial charge >= 0.3 is 0 Å². The van der Waals surface area contributed by atoms with Crippen LogP contribution in [0.2, 0.25) is 0 Å². The summed E-state index contributed by atoms with van der Waals surface area (Å²) in [5, 5.41) is 3.38. The van der Waals surface area contributed by atoms with Gasteiger partial charge in [0.25, 0.3) is 0 Å². The Bertz CT molecular complexity index is 367. The molecule has 2 rings (SSSR count). The summed E-state index contributed by atoms with van der Waals surface area (Å²) in [6.45, 7) is 7.48. The summed E-state index contributed by atoms with van der Waals surface area (Å²) >= 11 is 0. The van der Waals surface area contributed by atoms with E-state index in [0.29, 0.717) is 0 Å². The minimum absolute atomic E-state index is 0.141. The van der Waals surface area contributed by atoms with Gasteiger partial charge in [-0.1, -0.05) is 17.7 Å². The molecule has 1 saturated heterocycles. The van der Waals surface area contributed by atoms with Crippen molar-refractivity contribution in [1.29, 1.82) is 0 Å². The summed E-state index contributed by atoms with van der Waals surface area (Å²) in [5.74, 6) is 1.03. The Labute approximate surface area is 85.3 Å². The van der Waals surface area contributed by atoms with Crippen molar-refractivity contribution in [2.24, 2.45) is 0 Å². The largest absolute Gasteiger partial charge is 0.496 e. The molecule has 0 amide bonds. The Morgan fingerprint density at radius 3 is 2.50 bits per heavy atom. The van der Waals surface area contributed by atoms with Crippen LogP contribution >= 0.6 is 0 Å². The van der Waals surface area contributed by atoms with Gasteiger partial charge in [-0.3, -0.25) is 0 Å². The predicted molar refractivity (Wildman–Crippen MR) is 57.8 cm³/mol. The van der Waals surface area contributed by atoms with E-state index in [2.05, 4.69) is 38.2 Å². The molecule has 0 bridgehead atoms. The maximum atomic E-state index is 5.46. The average molecular weight is 191 g/mol. The molecule has 0 aliphatic carbocycles. The molecule has 2 nitrogen and oxygen atoms in total. The van der Waals surface area contributed by atoms with Gasteiger partial charge < -0.3 is 10.1 Å². The molecule has 1 aromatic carbocycles. The first kappa shape index (κ1) is 9.53. The smallest absolute Gasteiger partial charge is 0.126 e. The van der Waals surface area contributed by atoms with Crippen LogP contribution in [0.3, 0.4) is 0 Å². The second-order valence-corrected chi connectivity index (χ2v) is 4.35. The molecule has 1 fully saturated rings. The summed E-state index contributed by atoms with van der Waals surface area (Å²) in [5.41, 5.74) is 3.95. The standard InChI is InChI=1S/C12H17NO/c1-8-5-9(2)11(14-4)10(6-8)12(3)7-13-12/h5-6,13H,7H2,1-4H3. The van der Waals surface area contributed by atoms with E-state index < -0.39 is 0 Å². The van der Waals surface area contributed by atoms with Crippen molar-refractivity contribution in [3.63, 3.8) is 0 Å². The minimum Gasteiger partial charge on any atom is -0.496 e. The van der Waals surface area contributed by atoms with E-state index in [1.165, 1.54) is 16.7 Å². The lowest BCUT2D eigenvalue weighted by atomic mass is 9.95. The fraction of sp³-hybridized carbons (Fsp3) is 0.500. The van der Waals surface area contributed by atoms with Crippen molar-refractivity contribution in [2.45, 2.75) is 26.3 Å². The molecule has 1 aliphatic heterocycles. The quantitative estimate of drug-likeness (QED) is 0.726. The second-order valence-electron chi connectivity index (χ2n) is 4.35. The van der Waals surface area contributed by atoms with Gasteiger partial charge in [-0.2, -0.15) is 0 Å². The molecule has 1 N–H and O–H groups in total. The molecule has 1 atom stereocenters. The van der Waals surface area contributed by atoms with Gasteiger partial charge in [0.1, 0.15) is 5.75 Å². The van der Waals surface area contributed by atoms with Crippen LogP contribution < -0.4 is 10.1 Å². The third-order valence-corrected chi connectivity index (χ3v) is 2.92. The molecule has 0 radical (unpaired) electrons. The van der Waals surface area contributed by atoms with Crippen LogP contribution in [0.4, 0.5) is 0 Å². The normalized spacial score (nSPS) is 24.9. The van der Waals surface area contributed by atoms with Crippen LogP contribution in [0.5, 0.6) is 5.75 Å². The number of hydrogen-bond acceptors (Lipinski definition) is 2. The maximum absolute atomic E-state index is 5.46. The number of ether oxygens (including phenoxy) is 1. The molecule has 14 heavy (non-hydrogen) atoms. The lowest BCUT2D eigenvalue weighted by Crippen LogP contribution is -2.10. The molecule has 76 valence electrons. The van der Waals surface area contributed by atoms with Crippen molar-refractivity contribution in [1.82, 2.24) is 5.32 Å². The van der Waals surface area contributed by atoms with E-state index in [-0.39, 0.29) is 5.54 Å². The third-order valence-electron chi connectivity index (χ3n) is 2.92. The highest BCUT2D eigenvalue weighted by Gasteiger charge is 2.41. The predicted octanol–water partition coefficient (Wildman–Crippen LogP) is 2.13. The Kier molecular flexibility index (Phi) is 2.04. The van der Waals surface area contributed by atoms with Crippen molar-refractivity contribution < 1.29 is 4.74 Å². The lowest BCUT2D eigenvalue weighted by molar-refractivity contribution is 0.402. The molecule has 2 heteroatoms. The number of nitrogens with one attached hydrogen (secondary N) is 1. The van der Waals surface area contributed by atoms with E-state index in [1.807, 2.05) is 0 Å². The Balaban J connectivity index is 2.56. The Hall–Kier alpha value is -1.02. The van der Waals surface area contributed by atoms with Crippen LogP contribution in [0.15, 0.2) is 12.1 Å². The molecule has 0 spiro atoms. The van der Waals surface area contributed by atoms with E-state index >= 15 is 0 Å². The van der Waals surface area contributed by atoms with Gasteiger partial charge in [0.2, 0.25) is 0 Å². The molecule has 0 saturated carbocycles. The Morgan fingerprint density at radius 1 is 1.36 bits per heavy atom. The van der Waals surface area contributed by atoms with Crippen LogP contribution in [0.1, 0.15) is 23.6 Å². The molecule has 1 aliphatic rings. The zero-order valence-corrected chi connectivity index (χ0v) is 9.27. The first-order valence-corrected chi connectivity index (χ1v) is 4.97. The van der Waals surface area contributed by atoms with E-state index in [9.17, 15) is 0 Å². The molecular formula is C12H17NO. The van der Waals surface area contributed by atoms with Gasteiger partial charge in [-0.25, -0.2) is 0 Å². The fourth-order valence-electron chi connectivity index (χ4n) is 1.96. The topological polar surface area (TPSA) is 31.2 Å². The third kappa shape index (κ3) is 1.40. The zero-order chi connectivity index (χ0) is 10.3. The molecule has 1 heterocycles. The highest BCUT2D eigenvalue weighted by Crippen LogP contribution is 2.38. The number of hydrogen-bond donors (Lipinski definition) is 1. The molecule has 0 aromatic heterocycles. The monoisotopic (exact) mass is 191 g/mol. The van der Waals surface area contributed by atoms with E-state index in [0.717, 1.165) is 12.3 Å². The van der Waals surface area contributed by atoms with Gasteiger partial charge in [0.15, 0.2) is 0 Å². The highest BCUT2D eigenvalue weighted by molar-refractivity contribution is 5.49. The van der Waals surface area contributed by atoms with Gasteiger partial charge in [0, 0.05) is 12.1 Å². The summed E-state index contributed by atoms with van der Waals surface area (Å²) in [4.78, 5) is 0. The number of aryl methyl sites for hydroxylation is 2. The van der Waals surface area contributed by atoms with Gasteiger partial charge in [0.05, 0.1) is 12.6 Å². The molecular weight excluding hydrogens is 174 g/mol. The first-order chi connectivity index (χ1) is 6.57. The van der Waals surface area contributed by atoms with Crippen LogP contribution in [-0.4, -0.2) is 13.7 Å². The maximum Gasteiger partial charge on any atom is 0.126 e. The number of methoxy groups -OCH3 is 1. The average Bonchev–Trinajstić information content (AvgIpc) is 2.84. The first-order valence-electron chi connectivity index (χ1n) is 4.97. The van der Waals surface area contributed by atoms with E-state index in [4.69, 9.17) is 4.74 Å². The summed E-state index contributed by atoms with van der Waals surface area (Å²) in [7, 11) is 1.74. The summed E-state index contributed by atoms with van der Waals surface area (Å²) in [6.07, 6.45) is 0.